The van der Waals surface area contributed by atoms with Crippen LogP contribution in [0.5, 0.6) is 5.75 Å². The van der Waals surface area contributed by atoms with E-state index in [2.05, 4.69) is 10.0 Å². The van der Waals surface area contributed by atoms with Crippen LogP contribution >= 0.6 is 0 Å². The molecule has 0 aromatic heterocycles. The monoisotopic (exact) mass is 346 g/mol. The average molecular weight is 346 g/mol. The van der Waals surface area contributed by atoms with E-state index in [4.69, 9.17) is 4.74 Å². The molecule has 24 heavy (non-hydrogen) atoms. The lowest BCUT2D eigenvalue weighted by Gasteiger charge is -2.21. The van der Waals surface area contributed by atoms with Crippen molar-refractivity contribution < 1.29 is 17.9 Å². The summed E-state index contributed by atoms with van der Waals surface area (Å²) in [6, 6.07) is 13.8. The van der Waals surface area contributed by atoms with Crippen molar-refractivity contribution in [1.82, 2.24) is 4.72 Å². The number of carbonyl (C=O) groups is 1. The Bertz CT molecular complexity index is 850. The van der Waals surface area contributed by atoms with Crippen molar-refractivity contribution in [1.29, 1.82) is 0 Å². The second-order valence-electron chi connectivity index (χ2n) is 5.68. The Hall–Kier alpha value is -2.38. The summed E-state index contributed by atoms with van der Waals surface area (Å²) >= 11 is 0. The third kappa shape index (κ3) is 3.93. The van der Waals surface area contributed by atoms with Gasteiger partial charge in [-0.25, -0.2) is 13.1 Å². The second kappa shape index (κ2) is 6.62. The van der Waals surface area contributed by atoms with Gasteiger partial charge in [0.2, 0.25) is 10.0 Å². The number of hydrogen-bond donors (Lipinski definition) is 2. The molecule has 1 amide bonds. The van der Waals surface area contributed by atoms with Crippen molar-refractivity contribution in [2.45, 2.75) is 18.7 Å². The van der Waals surface area contributed by atoms with Gasteiger partial charge in [0.05, 0.1) is 11.4 Å². The molecule has 0 fully saturated rings. The zero-order valence-corrected chi connectivity index (χ0v) is 14.0. The van der Waals surface area contributed by atoms with Gasteiger partial charge < -0.3 is 10.1 Å². The van der Waals surface area contributed by atoms with Gasteiger partial charge >= 0.3 is 0 Å². The van der Waals surface area contributed by atoms with Gasteiger partial charge in [0.25, 0.3) is 5.91 Å². The number of anilines is 1. The van der Waals surface area contributed by atoms with Crippen LogP contribution in [0.4, 0.5) is 5.69 Å². The quantitative estimate of drug-likeness (QED) is 0.869. The van der Waals surface area contributed by atoms with Crippen molar-refractivity contribution in [2.75, 3.05) is 11.9 Å². The predicted octanol–water partition coefficient (Wildman–Crippen LogP) is 2.20. The van der Waals surface area contributed by atoms with Crippen LogP contribution in [0.1, 0.15) is 24.1 Å². The summed E-state index contributed by atoms with van der Waals surface area (Å²) in [5.41, 5.74) is 2.03. The van der Waals surface area contributed by atoms with Crippen LogP contribution in [0.25, 0.3) is 0 Å². The van der Waals surface area contributed by atoms with Crippen LogP contribution < -0.4 is 14.8 Å². The SMILES string of the molecule is C[C@H](NS(=O)(=O)Cc1ccccc1)c1ccc2c(c1)NC(=O)CO2. The number of ether oxygens (including phenoxy) is 1. The molecule has 2 aromatic carbocycles. The number of amides is 1. The lowest BCUT2D eigenvalue weighted by atomic mass is 10.1. The molecule has 7 heteroatoms. The van der Waals surface area contributed by atoms with E-state index in [1.807, 2.05) is 6.07 Å². The molecule has 3 rings (SSSR count). The van der Waals surface area contributed by atoms with Crippen molar-refractivity contribution in [3.8, 4) is 5.75 Å². The van der Waals surface area contributed by atoms with Gasteiger partial charge in [-0.2, -0.15) is 0 Å². The summed E-state index contributed by atoms with van der Waals surface area (Å²) in [6.07, 6.45) is 0. The van der Waals surface area contributed by atoms with E-state index in [0.29, 0.717) is 11.4 Å². The lowest BCUT2D eigenvalue weighted by Crippen LogP contribution is -2.29. The van der Waals surface area contributed by atoms with E-state index in [0.717, 1.165) is 11.1 Å². The van der Waals surface area contributed by atoms with Gasteiger partial charge in [-0.15, -0.1) is 0 Å². The van der Waals surface area contributed by atoms with E-state index in [9.17, 15) is 13.2 Å². The van der Waals surface area contributed by atoms with E-state index in [-0.39, 0.29) is 18.3 Å². The number of carbonyl (C=O) groups excluding carboxylic acids is 1. The molecule has 0 saturated heterocycles. The first-order valence-electron chi connectivity index (χ1n) is 7.53. The molecule has 0 bridgehead atoms. The number of rotatable bonds is 5. The minimum Gasteiger partial charge on any atom is -0.482 e. The van der Waals surface area contributed by atoms with Crippen molar-refractivity contribution in [3.05, 3.63) is 59.7 Å². The Morgan fingerprint density at radius 1 is 1.21 bits per heavy atom. The molecule has 0 saturated carbocycles. The minimum atomic E-state index is -3.48. The van der Waals surface area contributed by atoms with E-state index in [1.54, 1.807) is 49.4 Å². The third-order valence-corrected chi connectivity index (χ3v) is 5.12. The highest BCUT2D eigenvalue weighted by atomic mass is 32.2. The van der Waals surface area contributed by atoms with Crippen molar-refractivity contribution in [3.63, 3.8) is 0 Å². The zero-order valence-electron chi connectivity index (χ0n) is 13.2. The first-order valence-corrected chi connectivity index (χ1v) is 9.19. The Kier molecular flexibility index (Phi) is 4.55. The van der Waals surface area contributed by atoms with Gasteiger partial charge in [-0.1, -0.05) is 36.4 Å². The minimum absolute atomic E-state index is 0.00833. The summed E-state index contributed by atoms with van der Waals surface area (Å²) in [6.45, 7) is 1.75. The van der Waals surface area contributed by atoms with Crippen molar-refractivity contribution in [2.24, 2.45) is 0 Å². The fourth-order valence-electron chi connectivity index (χ4n) is 2.54. The van der Waals surface area contributed by atoms with Gasteiger partial charge in [0.15, 0.2) is 6.61 Å². The first kappa shape index (κ1) is 16.5. The maximum Gasteiger partial charge on any atom is 0.262 e. The normalized spacial score (nSPS) is 15.1. The van der Waals surface area contributed by atoms with Crippen LogP contribution in [0.15, 0.2) is 48.5 Å². The molecule has 2 aromatic rings. The zero-order chi connectivity index (χ0) is 17.2. The predicted molar refractivity (Wildman–Crippen MR) is 91.2 cm³/mol. The summed E-state index contributed by atoms with van der Waals surface area (Å²) in [5.74, 6) is 0.276. The Morgan fingerprint density at radius 3 is 2.71 bits per heavy atom. The molecule has 1 aliphatic heterocycles. The van der Waals surface area contributed by atoms with Crippen molar-refractivity contribution >= 4 is 21.6 Å². The summed E-state index contributed by atoms with van der Waals surface area (Å²) in [7, 11) is -3.48. The van der Waals surface area contributed by atoms with Gasteiger partial charge in [-0.05, 0) is 30.2 Å². The van der Waals surface area contributed by atoms with Crippen LogP contribution in [0, 0.1) is 0 Å². The van der Waals surface area contributed by atoms with Crippen LogP contribution in [-0.2, 0) is 20.6 Å². The maximum atomic E-state index is 12.3. The summed E-state index contributed by atoms with van der Waals surface area (Å²) < 4.78 is 32.6. The smallest absolute Gasteiger partial charge is 0.262 e. The number of fused-ring (bicyclic) bond motifs is 1. The molecule has 1 heterocycles. The Labute approximate surface area is 140 Å². The highest BCUT2D eigenvalue weighted by molar-refractivity contribution is 7.88. The van der Waals surface area contributed by atoms with E-state index >= 15 is 0 Å². The van der Waals surface area contributed by atoms with Gasteiger partial charge in [-0.3, -0.25) is 4.79 Å². The maximum absolute atomic E-state index is 12.3. The topological polar surface area (TPSA) is 84.5 Å². The van der Waals surface area contributed by atoms with Gasteiger partial charge in [0.1, 0.15) is 5.75 Å². The molecule has 0 radical (unpaired) electrons. The average Bonchev–Trinajstić information content (AvgIpc) is 2.54. The lowest BCUT2D eigenvalue weighted by molar-refractivity contribution is -0.118. The van der Waals surface area contributed by atoms with E-state index in [1.165, 1.54) is 0 Å². The Morgan fingerprint density at radius 2 is 1.96 bits per heavy atom. The molecule has 6 nitrogen and oxygen atoms in total. The molecule has 0 aliphatic carbocycles. The molecular formula is C17H18N2O4S. The number of benzene rings is 2. The standard InChI is InChI=1S/C17H18N2O4S/c1-12(19-24(21,22)11-13-5-3-2-4-6-13)14-7-8-16-15(9-14)18-17(20)10-23-16/h2-9,12,19H,10-11H2,1H3,(H,18,20)/t12-/m0/s1. The number of nitrogens with one attached hydrogen (secondary N) is 2. The summed E-state index contributed by atoms with van der Waals surface area (Å²) in [4.78, 5) is 11.4. The largest absolute Gasteiger partial charge is 0.482 e. The summed E-state index contributed by atoms with van der Waals surface area (Å²) in [5, 5.41) is 2.72. The molecular weight excluding hydrogens is 328 g/mol. The number of sulfonamides is 1. The molecule has 0 unspecified atom stereocenters. The molecule has 126 valence electrons. The fraction of sp³-hybridized carbons (Fsp3) is 0.235. The van der Waals surface area contributed by atoms with Crippen LogP contribution in [0.3, 0.4) is 0 Å². The van der Waals surface area contributed by atoms with E-state index < -0.39 is 16.1 Å². The molecule has 0 spiro atoms. The molecule has 1 aliphatic rings. The molecule has 2 N–H and O–H groups in total. The van der Waals surface area contributed by atoms with Gasteiger partial charge in [0, 0.05) is 6.04 Å². The van der Waals surface area contributed by atoms with Crippen LogP contribution in [-0.4, -0.2) is 20.9 Å². The number of hydrogen-bond acceptors (Lipinski definition) is 4. The Balaban J connectivity index is 1.73. The second-order valence-corrected chi connectivity index (χ2v) is 7.43. The first-order chi connectivity index (χ1) is 11.4. The molecule has 1 atom stereocenters. The highest BCUT2D eigenvalue weighted by Crippen LogP contribution is 2.30. The highest BCUT2D eigenvalue weighted by Gasteiger charge is 2.20. The van der Waals surface area contributed by atoms with Crippen LogP contribution in [0.2, 0.25) is 0 Å². The fourth-order valence-corrected chi connectivity index (χ4v) is 3.93. The third-order valence-electron chi connectivity index (χ3n) is 3.69.